The van der Waals surface area contributed by atoms with Crippen LogP contribution in [0, 0.1) is 0 Å². The number of carbonyl (C=O) groups excluding carboxylic acids is 2. The number of allylic oxidation sites excluding steroid dienone is 1. The predicted molar refractivity (Wildman–Crippen MR) is 98.0 cm³/mol. The maximum Gasteiger partial charge on any atom is 0.252 e. The molecule has 0 saturated heterocycles. The summed E-state index contributed by atoms with van der Waals surface area (Å²) in [4.78, 5) is 25.3. The zero-order valence-corrected chi connectivity index (χ0v) is 14.0. The number of hydrogen-bond acceptors (Lipinski definition) is 2. The highest BCUT2D eigenvalue weighted by atomic mass is 16.2. The smallest absolute Gasteiger partial charge is 0.252 e. The largest absolute Gasteiger partial charge is 0.348 e. The van der Waals surface area contributed by atoms with E-state index in [4.69, 9.17) is 0 Å². The van der Waals surface area contributed by atoms with Crippen LogP contribution in [0.1, 0.15) is 41.2 Å². The van der Waals surface area contributed by atoms with Gasteiger partial charge in [0.15, 0.2) is 0 Å². The summed E-state index contributed by atoms with van der Waals surface area (Å²) in [5, 5.41) is 5.90. The number of benzene rings is 2. The third-order valence-corrected chi connectivity index (χ3v) is 4.29. The lowest BCUT2D eigenvalue weighted by Gasteiger charge is -2.23. The molecule has 3 rings (SSSR count). The maximum absolute atomic E-state index is 12.8. The molecule has 2 atom stereocenters. The van der Waals surface area contributed by atoms with E-state index in [0.717, 1.165) is 24.8 Å². The van der Waals surface area contributed by atoms with Crippen LogP contribution in [0.2, 0.25) is 0 Å². The van der Waals surface area contributed by atoms with Gasteiger partial charge in [-0.05, 0) is 37.0 Å². The summed E-state index contributed by atoms with van der Waals surface area (Å²) in [6.45, 7) is 0. The number of nitrogens with one attached hydrogen (secondary N) is 2. The fraction of sp³-hybridized carbons (Fsp3) is 0.238. The Bertz CT molecular complexity index is 741. The Morgan fingerprint density at radius 1 is 0.960 bits per heavy atom. The van der Waals surface area contributed by atoms with Crippen molar-refractivity contribution in [3.8, 4) is 0 Å². The van der Waals surface area contributed by atoms with Crippen molar-refractivity contribution in [2.45, 2.75) is 31.3 Å². The summed E-state index contributed by atoms with van der Waals surface area (Å²) in [6.07, 6.45) is 7.17. The molecule has 2 N–H and O–H groups in total. The first kappa shape index (κ1) is 17.0. The first-order chi connectivity index (χ1) is 12.2. The van der Waals surface area contributed by atoms with Crippen molar-refractivity contribution in [1.82, 2.24) is 10.6 Å². The van der Waals surface area contributed by atoms with E-state index in [1.54, 1.807) is 24.3 Å². The monoisotopic (exact) mass is 334 g/mol. The van der Waals surface area contributed by atoms with Crippen molar-refractivity contribution in [2.24, 2.45) is 0 Å². The highest BCUT2D eigenvalue weighted by molar-refractivity contribution is 5.97. The Balaban J connectivity index is 1.77. The van der Waals surface area contributed by atoms with Crippen LogP contribution in [0.15, 0.2) is 72.8 Å². The van der Waals surface area contributed by atoms with E-state index in [-0.39, 0.29) is 17.9 Å². The van der Waals surface area contributed by atoms with Gasteiger partial charge in [0.05, 0.1) is 0 Å². The summed E-state index contributed by atoms with van der Waals surface area (Å²) in [7, 11) is 0. The van der Waals surface area contributed by atoms with Gasteiger partial charge in [0.2, 0.25) is 5.91 Å². The molecule has 0 saturated carbocycles. The van der Waals surface area contributed by atoms with Gasteiger partial charge in [-0.15, -0.1) is 0 Å². The quantitative estimate of drug-likeness (QED) is 0.824. The number of amides is 2. The van der Waals surface area contributed by atoms with Gasteiger partial charge in [0.25, 0.3) is 5.91 Å². The Morgan fingerprint density at radius 3 is 2.28 bits per heavy atom. The summed E-state index contributed by atoms with van der Waals surface area (Å²) < 4.78 is 0. The molecule has 0 unspecified atom stereocenters. The van der Waals surface area contributed by atoms with E-state index in [2.05, 4.69) is 16.7 Å². The van der Waals surface area contributed by atoms with Gasteiger partial charge in [-0.2, -0.15) is 0 Å². The molecule has 0 bridgehead atoms. The lowest BCUT2D eigenvalue weighted by atomic mass is 10.0. The highest BCUT2D eigenvalue weighted by Gasteiger charge is 2.25. The molecule has 2 amide bonds. The molecular weight excluding hydrogens is 312 g/mol. The normalized spacial score (nSPS) is 17.5. The number of rotatable bonds is 5. The SMILES string of the molecule is O=C(N[C@@H](C(=O)N[C@H]1C=CCCC1)c1ccccc1)c1ccccc1. The van der Waals surface area contributed by atoms with E-state index < -0.39 is 6.04 Å². The van der Waals surface area contributed by atoms with Gasteiger partial charge >= 0.3 is 0 Å². The molecular formula is C21H22N2O2. The van der Waals surface area contributed by atoms with E-state index in [1.807, 2.05) is 42.5 Å². The van der Waals surface area contributed by atoms with Crippen LogP contribution < -0.4 is 10.6 Å². The Hall–Kier alpha value is -2.88. The average molecular weight is 334 g/mol. The maximum atomic E-state index is 12.8. The van der Waals surface area contributed by atoms with E-state index >= 15 is 0 Å². The van der Waals surface area contributed by atoms with Gasteiger partial charge in [-0.3, -0.25) is 9.59 Å². The molecule has 1 aliphatic rings. The van der Waals surface area contributed by atoms with Crippen LogP contribution in [0.3, 0.4) is 0 Å². The lowest BCUT2D eigenvalue weighted by molar-refractivity contribution is -0.123. The van der Waals surface area contributed by atoms with Gasteiger partial charge in [-0.1, -0.05) is 60.7 Å². The van der Waals surface area contributed by atoms with Crippen LogP contribution in [0.4, 0.5) is 0 Å². The van der Waals surface area contributed by atoms with Crippen LogP contribution in [-0.2, 0) is 4.79 Å². The molecule has 128 valence electrons. The molecule has 2 aromatic carbocycles. The zero-order valence-electron chi connectivity index (χ0n) is 14.0. The second kappa shape index (κ2) is 8.29. The van der Waals surface area contributed by atoms with Gasteiger partial charge in [-0.25, -0.2) is 0 Å². The van der Waals surface area contributed by atoms with Gasteiger partial charge in [0.1, 0.15) is 6.04 Å². The first-order valence-corrected chi connectivity index (χ1v) is 8.62. The molecule has 4 nitrogen and oxygen atoms in total. The van der Waals surface area contributed by atoms with Crippen molar-refractivity contribution >= 4 is 11.8 Å². The highest BCUT2D eigenvalue weighted by Crippen LogP contribution is 2.16. The summed E-state index contributed by atoms with van der Waals surface area (Å²) in [5.74, 6) is -0.448. The standard InChI is InChI=1S/C21H22N2O2/c24-20(17-12-6-2-7-13-17)23-19(16-10-4-1-5-11-16)21(25)22-18-14-8-3-9-15-18/h1-2,4-8,10-14,18-19H,3,9,15H2,(H,22,25)(H,23,24)/t18-,19+/m0/s1. The van der Waals surface area contributed by atoms with E-state index in [1.165, 1.54) is 0 Å². The minimum absolute atomic E-state index is 0.0288. The van der Waals surface area contributed by atoms with Crippen molar-refractivity contribution < 1.29 is 9.59 Å². The molecule has 2 aromatic rings. The average Bonchev–Trinajstić information content (AvgIpc) is 2.68. The van der Waals surface area contributed by atoms with Crippen molar-refractivity contribution in [3.63, 3.8) is 0 Å². The molecule has 0 aliphatic heterocycles. The molecule has 25 heavy (non-hydrogen) atoms. The fourth-order valence-corrected chi connectivity index (χ4v) is 2.95. The second-order valence-corrected chi connectivity index (χ2v) is 6.16. The fourth-order valence-electron chi connectivity index (χ4n) is 2.95. The summed E-state index contributed by atoms with van der Waals surface area (Å²) in [5.41, 5.74) is 1.30. The third kappa shape index (κ3) is 4.57. The minimum Gasteiger partial charge on any atom is -0.348 e. The molecule has 0 aromatic heterocycles. The predicted octanol–water partition coefficient (Wildman–Crippen LogP) is 3.38. The molecule has 4 heteroatoms. The van der Waals surface area contributed by atoms with Crippen LogP contribution >= 0.6 is 0 Å². The Labute approximate surface area is 148 Å². The first-order valence-electron chi connectivity index (χ1n) is 8.62. The zero-order chi connectivity index (χ0) is 17.5. The van der Waals surface area contributed by atoms with E-state index in [0.29, 0.717) is 5.56 Å². The molecule has 1 aliphatic carbocycles. The number of carbonyl (C=O) groups is 2. The molecule has 0 heterocycles. The lowest BCUT2D eigenvalue weighted by Crippen LogP contribution is -2.44. The topological polar surface area (TPSA) is 58.2 Å². The van der Waals surface area contributed by atoms with Crippen molar-refractivity contribution in [3.05, 3.63) is 83.9 Å². The molecule has 0 radical (unpaired) electrons. The second-order valence-electron chi connectivity index (χ2n) is 6.16. The summed E-state index contributed by atoms with van der Waals surface area (Å²) in [6, 6.07) is 17.6. The van der Waals surface area contributed by atoms with Crippen molar-refractivity contribution in [1.29, 1.82) is 0 Å². The van der Waals surface area contributed by atoms with E-state index in [9.17, 15) is 9.59 Å². The van der Waals surface area contributed by atoms with Crippen LogP contribution in [0.5, 0.6) is 0 Å². The van der Waals surface area contributed by atoms with Crippen LogP contribution in [0.25, 0.3) is 0 Å². The van der Waals surface area contributed by atoms with Gasteiger partial charge in [0, 0.05) is 11.6 Å². The third-order valence-electron chi connectivity index (χ3n) is 4.29. The van der Waals surface area contributed by atoms with Crippen LogP contribution in [-0.4, -0.2) is 17.9 Å². The number of hydrogen-bond donors (Lipinski definition) is 2. The van der Waals surface area contributed by atoms with Gasteiger partial charge < -0.3 is 10.6 Å². The Kier molecular flexibility index (Phi) is 5.62. The minimum atomic E-state index is -0.718. The Morgan fingerprint density at radius 2 is 1.64 bits per heavy atom. The summed E-state index contributed by atoms with van der Waals surface area (Å²) >= 11 is 0. The van der Waals surface area contributed by atoms with Crippen molar-refractivity contribution in [2.75, 3.05) is 0 Å². The molecule has 0 spiro atoms. The molecule has 0 fully saturated rings.